The van der Waals surface area contributed by atoms with Gasteiger partial charge in [-0.2, -0.15) is 0 Å². The fourth-order valence-corrected chi connectivity index (χ4v) is 1.09. The molecule has 2 N–H and O–H groups in total. The molecule has 0 fully saturated rings. The van der Waals surface area contributed by atoms with Crippen molar-refractivity contribution in [3.63, 3.8) is 0 Å². The van der Waals surface area contributed by atoms with Crippen molar-refractivity contribution in [3.8, 4) is 0 Å². The van der Waals surface area contributed by atoms with Gasteiger partial charge in [0.05, 0.1) is 5.60 Å². The molecule has 0 bridgehead atoms. The van der Waals surface area contributed by atoms with Gasteiger partial charge < -0.3 is 10.2 Å². The summed E-state index contributed by atoms with van der Waals surface area (Å²) in [4.78, 5) is 0. The average Bonchev–Trinajstić information content (AvgIpc) is 1.81. The summed E-state index contributed by atoms with van der Waals surface area (Å²) in [5.74, 6) is 0. The van der Waals surface area contributed by atoms with Gasteiger partial charge >= 0.3 is 0 Å². The Kier molecular flexibility index (Phi) is 1.69. The molecule has 11 heavy (non-hydrogen) atoms. The maximum Gasteiger partial charge on any atom is 0.101 e. The third kappa shape index (κ3) is 1.70. The number of hydrogen-bond acceptors (Lipinski definition) is 2. The first-order valence-corrected chi connectivity index (χ1v) is 3.69. The molecular weight excluding hydrogens is 140 g/mol. The SMILES string of the molecule is CC1=CC(C)(O)C=CC1(C)O. The summed E-state index contributed by atoms with van der Waals surface area (Å²) in [5, 5.41) is 19.1. The molecule has 2 atom stereocenters. The zero-order valence-corrected chi connectivity index (χ0v) is 7.13. The Bertz CT molecular complexity index is 222. The highest BCUT2D eigenvalue weighted by Crippen LogP contribution is 2.27. The highest BCUT2D eigenvalue weighted by atomic mass is 16.3. The van der Waals surface area contributed by atoms with Crippen LogP contribution in [0, 0.1) is 0 Å². The topological polar surface area (TPSA) is 40.5 Å². The molecule has 0 saturated heterocycles. The molecule has 2 heteroatoms. The van der Waals surface area contributed by atoms with E-state index in [1.165, 1.54) is 0 Å². The van der Waals surface area contributed by atoms with Crippen LogP contribution in [0.1, 0.15) is 20.8 Å². The lowest BCUT2D eigenvalue weighted by Crippen LogP contribution is -2.32. The normalized spacial score (nSPS) is 43.9. The van der Waals surface area contributed by atoms with E-state index < -0.39 is 11.2 Å². The Hall–Kier alpha value is -0.600. The smallest absolute Gasteiger partial charge is 0.101 e. The Morgan fingerprint density at radius 1 is 1.18 bits per heavy atom. The van der Waals surface area contributed by atoms with Crippen molar-refractivity contribution in [2.45, 2.75) is 32.0 Å². The summed E-state index contributed by atoms with van der Waals surface area (Å²) in [5.41, 5.74) is -1.00. The Balaban J connectivity index is 2.98. The molecular formula is C9H14O2. The molecule has 0 heterocycles. The van der Waals surface area contributed by atoms with Gasteiger partial charge in [0.2, 0.25) is 0 Å². The molecule has 0 amide bonds. The predicted molar refractivity (Wildman–Crippen MR) is 44.1 cm³/mol. The maximum absolute atomic E-state index is 9.61. The highest BCUT2D eigenvalue weighted by molar-refractivity contribution is 5.33. The molecule has 0 radical (unpaired) electrons. The second kappa shape index (κ2) is 2.19. The fraction of sp³-hybridized carbons (Fsp3) is 0.556. The summed E-state index contributed by atoms with van der Waals surface area (Å²) >= 11 is 0. The van der Waals surface area contributed by atoms with Gasteiger partial charge in [0.1, 0.15) is 5.60 Å². The van der Waals surface area contributed by atoms with Crippen LogP contribution in [0.3, 0.4) is 0 Å². The van der Waals surface area contributed by atoms with E-state index in [4.69, 9.17) is 0 Å². The predicted octanol–water partition coefficient (Wildman–Crippen LogP) is 1.00. The second-order valence-electron chi connectivity index (χ2n) is 3.53. The van der Waals surface area contributed by atoms with Crippen LogP contribution in [0.5, 0.6) is 0 Å². The summed E-state index contributed by atoms with van der Waals surface area (Å²) in [6.07, 6.45) is 4.87. The van der Waals surface area contributed by atoms with Gasteiger partial charge in [-0.3, -0.25) is 0 Å². The first-order chi connectivity index (χ1) is 4.83. The summed E-state index contributed by atoms with van der Waals surface area (Å²) < 4.78 is 0. The lowest BCUT2D eigenvalue weighted by Gasteiger charge is -2.29. The van der Waals surface area contributed by atoms with Crippen molar-refractivity contribution >= 4 is 0 Å². The summed E-state index contributed by atoms with van der Waals surface area (Å²) in [6.45, 7) is 5.19. The molecule has 0 aromatic rings. The van der Waals surface area contributed by atoms with Gasteiger partial charge in [0.15, 0.2) is 0 Å². The van der Waals surface area contributed by atoms with E-state index in [1.54, 1.807) is 39.0 Å². The lowest BCUT2D eigenvalue weighted by molar-refractivity contribution is 0.118. The van der Waals surface area contributed by atoms with Crippen molar-refractivity contribution < 1.29 is 10.2 Å². The largest absolute Gasteiger partial charge is 0.382 e. The van der Waals surface area contributed by atoms with E-state index in [1.807, 2.05) is 0 Å². The summed E-state index contributed by atoms with van der Waals surface area (Å²) in [6, 6.07) is 0. The zero-order chi connectivity index (χ0) is 8.70. The van der Waals surface area contributed by atoms with Gasteiger partial charge in [0.25, 0.3) is 0 Å². The molecule has 2 nitrogen and oxygen atoms in total. The minimum absolute atomic E-state index is 0.782. The molecule has 0 spiro atoms. The monoisotopic (exact) mass is 154 g/mol. The quantitative estimate of drug-likeness (QED) is 0.511. The number of aliphatic hydroxyl groups is 2. The Morgan fingerprint density at radius 3 is 2.09 bits per heavy atom. The van der Waals surface area contributed by atoms with Crippen LogP contribution in [0.15, 0.2) is 23.8 Å². The van der Waals surface area contributed by atoms with E-state index in [-0.39, 0.29) is 0 Å². The molecule has 0 saturated carbocycles. The van der Waals surface area contributed by atoms with Crippen LogP contribution < -0.4 is 0 Å². The molecule has 0 aromatic carbocycles. The Labute approximate surface area is 66.9 Å². The van der Waals surface area contributed by atoms with Crippen molar-refractivity contribution in [2.75, 3.05) is 0 Å². The van der Waals surface area contributed by atoms with E-state index >= 15 is 0 Å². The van der Waals surface area contributed by atoms with Crippen LogP contribution in [0.2, 0.25) is 0 Å². The van der Waals surface area contributed by atoms with Gasteiger partial charge in [-0.25, -0.2) is 0 Å². The van der Waals surface area contributed by atoms with Crippen LogP contribution >= 0.6 is 0 Å². The third-order valence-corrected chi connectivity index (χ3v) is 2.05. The van der Waals surface area contributed by atoms with Crippen LogP contribution in [-0.2, 0) is 0 Å². The van der Waals surface area contributed by atoms with E-state index in [2.05, 4.69) is 0 Å². The van der Waals surface area contributed by atoms with Crippen molar-refractivity contribution in [2.24, 2.45) is 0 Å². The van der Waals surface area contributed by atoms with E-state index in [0.717, 1.165) is 5.57 Å². The van der Waals surface area contributed by atoms with Crippen LogP contribution in [0.25, 0.3) is 0 Å². The first-order valence-electron chi connectivity index (χ1n) is 3.69. The van der Waals surface area contributed by atoms with Gasteiger partial charge in [-0.05, 0) is 32.4 Å². The maximum atomic E-state index is 9.61. The van der Waals surface area contributed by atoms with E-state index in [9.17, 15) is 10.2 Å². The third-order valence-electron chi connectivity index (χ3n) is 2.05. The minimum atomic E-state index is -0.897. The standard InChI is InChI=1S/C9H14O2/c1-7-6-8(2,10)4-5-9(7,3)11/h4-6,10-11H,1-3H3. The first kappa shape index (κ1) is 8.50. The van der Waals surface area contributed by atoms with Crippen molar-refractivity contribution in [3.05, 3.63) is 23.8 Å². The molecule has 0 aromatic heterocycles. The molecule has 2 unspecified atom stereocenters. The molecule has 1 aliphatic rings. The van der Waals surface area contributed by atoms with Crippen LogP contribution in [-0.4, -0.2) is 21.4 Å². The van der Waals surface area contributed by atoms with Gasteiger partial charge in [0, 0.05) is 0 Å². The van der Waals surface area contributed by atoms with Gasteiger partial charge in [-0.15, -0.1) is 0 Å². The number of hydrogen-bond donors (Lipinski definition) is 2. The summed E-state index contributed by atoms with van der Waals surface area (Å²) in [7, 11) is 0. The minimum Gasteiger partial charge on any atom is -0.382 e. The second-order valence-corrected chi connectivity index (χ2v) is 3.53. The molecule has 62 valence electrons. The molecule has 1 aliphatic carbocycles. The van der Waals surface area contributed by atoms with Crippen LogP contribution in [0.4, 0.5) is 0 Å². The highest BCUT2D eigenvalue weighted by Gasteiger charge is 2.27. The van der Waals surface area contributed by atoms with E-state index in [0.29, 0.717) is 0 Å². The van der Waals surface area contributed by atoms with Gasteiger partial charge in [-0.1, -0.05) is 12.2 Å². The van der Waals surface area contributed by atoms with Crippen molar-refractivity contribution in [1.82, 2.24) is 0 Å². The molecule has 1 rings (SSSR count). The average molecular weight is 154 g/mol. The molecule has 0 aliphatic heterocycles. The zero-order valence-electron chi connectivity index (χ0n) is 7.13. The lowest BCUT2D eigenvalue weighted by atomic mass is 9.86. The fourth-order valence-electron chi connectivity index (χ4n) is 1.09. The Morgan fingerprint density at radius 2 is 1.73 bits per heavy atom. The number of rotatable bonds is 0. The van der Waals surface area contributed by atoms with Crippen molar-refractivity contribution in [1.29, 1.82) is 0 Å².